The number of anilines is 1. The Morgan fingerprint density at radius 2 is 1.85 bits per heavy atom. The highest BCUT2D eigenvalue weighted by molar-refractivity contribution is 7.90. The van der Waals surface area contributed by atoms with E-state index >= 15 is 0 Å². The highest BCUT2D eigenvalue weighted by Gasteiger charge is 2.40. The summed E-state index contributed by atoms with van der Waals surface area (Å²) in [7, 11) is -4.09. The summed E-state index contributed by atoms with van der Waals surface area (Å²) < 4.78 is 29.2. The Morgan fingerprint density at radius 1 is 1.15 bits per heavy atom. The molecule has 0 bridgehead atoms. The van der Waals surface area contributed by atoms with Crippen LogP contribution in [0, 0.1) is 12.3 Å². The van der Waals surface area contributed by atoms with Crippen molar-refractivity contribution in [2.75, 3.05) is 5.32 Å². The third-order valence-corrected chi connectivity index (χ3v) is 8.00. The fourth-order valence-electron chi connectivity index (χ4n) is 4.95. The van der Waals surface area contributed by atoms with E-state index < -0.39 is 16.1 Å². The van der Waals surface area contributed by atoms with E-state index in [1.54, 1.807) is 10.9 Å². The SMILES string of the molecule is C#CCCC1(CCn2ccc(S(=O)(=O)NC(=O)Nc3c4c(cc5c3CCC5)CCC4)n2)NN1. The molecule has 4 N–H and O–H groups in total. The molecule has 2 amide bonds. The molecule has 2 heterocycles. The summed E-state index contributed by atoms with van der Waals surface area (Å²) in [5, 5.41) is 6.83. The van der Waals surface area contributed by atoms with Gasteiger partial charge in [-0.3, -0.25) is 4.68 Å². The average molecular weight is 469 g/mol. The summed E-state index contributed by atoms with van der Waals surface area (Å²) in [4.78, 5) is 12.7. The number of carbonyl (C=O) groups is 1. The molecule has 0 spiro atoms. The number of nitrogens with one attached hydrogen (secondary N) is 4. The number of hydrogen-bond acceptors (Lipinski definition) is 6. The molecule has 1 aromatic heterocycles. The summed E-state index contributed by atoms with van der Waals surface area (Å²) in [6.45, 7) is 0.509. The molecular weight excluding hydrogens is 440 g/mol. The molecule has 2 aliphatic carbocycles. The number of hydrazine groups is 1. The highest BCUT2D eigenvalue weighted by Crippen LogP contribution is 2.38. The van der Waals surface area contributed by atoms with Crippen LogP contribution in [0.15, 0.2) is 23.4 Å². The van der Waals surface area contributed by atoms with Gasteiger partial charge in [0.2, 0.25) is 0 Å². The predicted octanol–water partition coefficient (Wildman–Crippen LogP) is 1.98. The Morgan fingerprint density at radius 3 is 2.48 bits per heavy atom. The number of terminal acetylenes is 1. The van der Waals surface area contributed by atoms with Gasteiger partial charge in [-0.25, -0.2) is 20.4 Å². The Labute approximate surface area is 193 Å². The molecule has 1 aliphatic heterocycles. The first-order valence-electron chi connectivity index (χ1n) is 11.4. The van der Waals surface area contributed by atoms with Gasteiger partial charge in [-0.1, -0.05) is 6.07 Å². The Bertz CT molecular complexity index is 1210. The standard InChI is InChI=1S/C23H28N6O3S/c1-2-3-11-23(27-28-23)12-14-29-13-10-20(25-29)33(31,32)26-22(30)24-21-18-8-4-6-16(18)15-17-7-5-9-19(17)21/h1,10,13,15,27-28H,3-9,11-12,14H2,(H2,24,26,30). The number of nitrogens with zero attached hydrogens (tertiary/aromatic N) is 2. The summed E-state index contributed by atoms with van der Waals surface area (Å²) in [5.41, 5.74) is 11.6. The minimum absolute atomic E-state index is 0.185. The number of fused-ring (bicyclic) bond motifs is 2. The van der Waals surface area contributed by atoms with Gasteiger partial charge in [0.05, 0.1) is 5.66 Å². The van der Waals surface area contributed by atoms with E-state index in [0.717, 1.165) is 61.8 Å². The van der Waals surface area contributed by atoms with Crippen LogP contribution in [0.25, 0.3) is 0 Å². The molecule has 9 nitrogen and oxygen atoms in total. The summed E-state index contributed by atoms with van der Waals surface area (Å²) >= 11 is 0. The van der Waals surface area contributed by atoms with Crippen molar-refractivity contribution < 1.29 is 13.2 Å². The number of aromatic nitrogens is 2. The van der Waals surface area contributed by atoms with E-state index in [-0.39, 0.29) is 10.7 Å². The van der Waals surface area contributed by atoms with Gasteiger partial charge in [-0.15, -0.1) is 12.3 Å². The summed E-state index contributed by atoms with van der Waals surface area (Å²) in [6, 6.07) is 2.91. The first-order chi connectivity index (χ1) is 15.9. The molecular formula is C23H28N6O3S. The van der Waals surface area contributed by atoms with E-state index in [1.807, 2.05) is 0 Å². The first-order valence-corrected chi connectivity index (χ1v) is 12.9. The van der Waals surface area contributed by atoms with Crippen molar-refractivity contribution in [2.45, 2.75) is 75.0 Å². The zero-order chi connectivity index (χ0) is 23.1. The number of rotatable bonds is 8. The number of benzene rings is 1. The maximum Gasteiger partial charge on any atom is 0.333 e. The Hall–Kier alpha value is -2.87. The smallest absolute Gasteiger partial charge is 0.307 e. The molecule has 0 radical (unpaired) electrons. The lowest BCUT2D eigenvalue weighted by molar-refractivity contribution is 0.256. The van der Waals surface area contributed by atoms with Gasteiger partial charge in [0.1, 0.15) is 0 Å². The van der Waals surface area contributed by atoms with Crippen LogP contribution in [0.2, 0.25) is 0 Å². The number of sulfonamides is 1. The van der Waals surface area contributed by atoms with E-state index in [0.29, 0.717) is 19.4 Å². The molecule has 10 heteroatoms. The second kappa shape index (κ2) is 8.48. The number of hydrogen-bond donors (Lipinski definition) is 4. The first kappa shape index (κ1) is 21.9. The molecule has 1 saturated heterocycles. The minimum Gasteiger partial charge on any atom is -0.307 e. The maximum atomic E-state index is 12.8. The van der Waals surface area contributed by atoms with E-state index in [2.05, 4.69) is 38.0 Å². The topological polar surface area (TPSA) is 137 Å². The number of carbonyl (C=O) groups excluding carboxylic acids is 1. The number of aryl methyl sites for hydroxylation is 3. The van der Waals surface area contributed by atoms with Gasteiger partial charge in [-0.05, 0) is 73.3 Å². The highest BCUT2D eigenvalue weighted by atomic mass is 32.2. The molecule has 33 heavy (non-hydrogen) atoms. The lowest BCUT2D eigenvalue weighted by atomic mass is 9.99. The quantitative estimate of drug-likeness (QED) is 0.345. The van der Waals surface area contributed by atoms with Crippen molar-refractivity contribution in [1.29, 1.82) is 0 Å². The second-order valence-electron chi connectivity index (χ2n) is 9.00. The fraction of sp³-hybridized carbons (Fsp3) is 0.478. The van der Waals surface area contributed by atoms with Gasteiger partial charge in [0, 0.05) is 31.3 Å². The number of amides is 2. The van der Waals surface area contributed by atoms with E-state index in [1.165, 1.54) is 17.2 Å². The molecule has 3 aliphatic rings. The molecule has 2 aromatic rings. The van der Waals surface area contributed by atoms with Crippen LogP contribution in [0.4, 0.5) is 10.5 Å². The van der Waals surface area contributed by atoms with Gasteiger partial charge in [0.15, 0.2) is 5.03 Å². The van der Waals surface area contributed by atoms with Crippen LogP contribution in [-0.4, -0.2) is 29.9 Å². The van der Waals surface area contributed by atoms with Gasteiger partial charge in [-0.2, -0.15) is 13.5 Å². The second-order valence-corrected chi connectivity index (χ2v) is 10.6. The Balaban J connectivity index is 1.24. The normalized spacial score (nSPS) is 17.8. The van der Waals surface area contributed by atoms with Gasteiger partial charge in [0.25, 0.3) is 10.0 Å². The van der Waals surface area contributed by atoms with E-state index in [4.69, 9.17) is 6.42 Å². The molecule has 0 atom stereocenters. The van der Waals surface area contributed by atoms with E-state index in [9.17, 15) is 13.2 Å². The van der Waals surface area contributed by atoms with Crippen LogP contribution < -0.4 is 20.9 Å². The zero-order valence-corrected chi connectivity index (χ0v) is 19.2. The maximum absolute atomic E-state index is 12.8. The van der Waals surface area contributed by atoms with Crippen molar-refractivity contribution in [3.05, 3.63) is 40.6 Å². The predicted molar refractivity (Wildman–Crippen MR) is 124 cm³/mol. The Kier molecular flexibility index (Phi) is 5.64. The van der Waals surface area contributed by atoms with Crippen LogP contribution in [-0.2, 0) is 42.3 Å². The monoisotopic (exact) mass is 468 g/mol. The average Bonchev–Trinajstić information content (AvgIpc) is 3.20. The third kappa shape index (κ3) is 4.49. The largest absolute Gasteiger partial charge is 0.333 e. The van der Waals surface area contributed by atoms with Crippen molar-refractivity contribution in [3.63, 3.8) is 0 Å². The molecule has 5 rings (SSSR count). The van der Waals surface area contributed by atoms with Crippen molar-refractivity contribution in [1.82, 2.24) is 25.4 Å². The molecule has 1 aromatic carbocycles. The third-order valence-electron chi connectivity index (χ3n) is 6.77. The van der Waals surface area contributed by atoms with Crippen molar-refractivity contribution in [2.24, 2.45) is 0 Å². The summed E-state index contributed by atoms with van der Waals surface area (Å²) in [5.74, 6) is 2.62. The molecule has 0 saturated carbocycles. The van der Waals surface area contributed by atoms with Crippen LogP contribution >= 0.6 is 0 Å². The van der Waals surface area contributed by atoms with Crippen molar-refractivity contribution >= 4 is 21.7 Å². The van der Waals surface area contributed by atoms with Gasteiger partial charge >= 0.3 is 6.03 Å². The molecule has 174 valence electrons. The van der Waals surface area contributed by atoms with Crippen LogP contribution in [0.3, 0.4) is 0 Å². The molecule has 0 unspecified atom stereocenters. The van der Waals surface area contributed by atoms with Crippen molar-refractivity contribution in [3.8, 4) is 12.3 Å². The van der Waals surface area contributed by atoms with Crippen LogP contribution in [0.1, 0.15) is 54.4 Å². The van der Waals surface area contributed by atoms with Gasteiger partial charge < -0.3 is 5.32 Å². The molecule has 1 fully saturated rings. The summed E-state index contributed by atoms with van der Waals surface area (Å²) in [6.07, 6.45) is 15.0. The number of urea groups is 1. The lowest BCUT2D eigenvalue weighted by Gasteiger charge is -2.16. The zero-order valence-electron chi connectivity index (χ0n) is 18.4. The minimum atomic E-state index is -4.09. The lowest BCUT2D eigenvalue weighted by Crippen LogP contribution is -2.35. The fourth-order valence-corrected chi connectivity index (χ4v) is 5.80. The van der Waals surface area contributed by atoms with Crippen LogP contribution in [0.5, 0.6) is 0 Å².